The third-order valence-corrected chi connectivity index (χ3v) is 3.16. The number of hydrogen-bond acceptors (Lipinski definition) is 4. The summed E-state index contributed by atoms with van der Waals surface area (Å²) in [6, 6.07) is 1.63. The molecule has 0 aliphatic carbocycles. The summed E-state index contributed by atoms with van der Waals surface area (Å²) in [6.45, 7) is 0. The molecule has 0 spiro atoms. The molecule has 0 saturated carbocycles. The number of nitrogens with zero attached hydrogens (tertiary/aromatic N) is 2. The summed E-state index contributed by atoms with van der Waals surface area (Å²) < 4.78 is 6.98. The van der Waals surface area contributed by atoms with Crippen LogP contribution in [0, 0.1) is 0 Å². The minimum absolute atomic E-state index is 0.320. The molecule has 2 rings (SSSR count). The van der Waals surface area contributed by atoms with Gasteiger partial charge in [0.25, 0.3) is 0 Å². The molecule has 0 amide bonds. The molecule has 84 valence electrons. The molecule has 0 radical (unpaired) electrons. The Morgan fingerprint density at radius 2 is 2.31 bits per heavy atom. The highest BCUT2D eigenvalue weighted by atomic mass is 79.9. The number of nitrogens with two attached hydrogens (primary N) is 1. The number of methoxy groups -OCH3 is 1. The maximum Gasteiger partial charge on any atom is 0.340 e. The van der Waals surface area contributed by atoms with Crippen molar-refractivity contribution in [1.82, 2.24) is 9.78 Å². The Balaban J connectivity index is 2.77. The molecule has 6 heteroatoms. The fourth-order valence-corrected chi connectivity index (χ4v) is 2.06. The zero-order valence-corrected chi connectivity index (χ0v) is 10.4. The number of anilines is 1. The van der Waals surface area contributed by atoms with Gasteiger partial charge in [0.05, 0.1) is 28.4 Å². The molecule has 0 bridgehead atoms. The number of benzene rings is 1. The Bertz CT molecular complexity index is 577. The van der Waals surface area contributed by atoms with Crippen molar-refractivity contribution in [1.29, 1.82) is 0 Å². The molecule has 1 aromatic carbocycles. The van der Waals surface area contributed by atoms with E-state index < -0.39 is 5.97 Å². The first kappa shape index (κ1) is 10.9. The molecule has 0 aliphatic rings. The van der Waals surface area contributed by atoms with Crippen LogP contribution in [0.4, 0.5) is 5.69 Å². The van der Waals surface area contributed by atoms with Crippen molar-refractivity contribution in [2.24, 2.45) is 7.05 Å². The zero-order valence-electron chi connectivity index (χ0n) is 8.82. The van der Waals surface area contributed by atoms with E-state index in [1.165, 1.54) is 7.11 Å². The van der Waals surface area contributed by atoms with Gasteiger partial charge in [0.2, 0.25) is 0 Å². The summed E-state index contributed by atoms with van der Waals surface area (Å²) in [5.41, 5.74) is 7.24. The van der Waals surface area contributed by atoms with Gasteiger partial charge in [0, 0.05) is 18.6 Å². The highest BCUT2D eigenvalue weighted by molar-refractivity contribution is 9.10. The number of esters is 1. The van der Waals surface area contributed by atoms with Crippen LogP contribution in [0.25, 0.3) is 10.9 Å². The van der Waals surface area contributed by atoms with Gasteiger partial charge in [-0.05, 0) is 22.0 Å². The Morgan fingerprint density at radius 1 is 1.62 bits per heavy atom. The highest BCUT2D eigenvalue weighted by Crippen LogP contribution is 2.32. The maximum atomic E-state index is 11.5. The summed E-state index contributed by atoms with van der Waals surface area (Å²) in [7, 11) is 3.12. The SMILES string of the molecule is COC(=O)c1cc2nn(C)cc2c(Br)c1N. The Morgan fingerprint density at radius 3 is 2.94 bits per heavy atom. The van der Waals surface area contributed by atoms with Crippen molar-refractivity contribution < 1.29 is 9.53 Å². The van der Waals surface area contributed by atoms with E-state index in [1.807, 2.05) is 6.20 Å². The number of halogens is 1. The van der Waals surface area contributed by atoms with Crippen LogP contribution in [0.5, 0.6) is 0 Å². The van der Waals surface area contributed by atoms with E-state index in [9.17, 15) is 4.79 Å². The van der Waals surface area contributed by atoms with Crippen LogP contribution in [-0.2, 0) is 11.8 Å². The zero-order chi connectivity index (χ0) is 11.9. The van der Waals surface area contributed by atoms with Gasteiger partial charge in [0.1, 0.15) is 0 Å². The van der Waals surface area contributed by atoms with Crippen molar-refractivity contribution in [3.63, 3.8) is 0 Å². The molecular weight excluding hydrogens is 274 g/mol. The minimum Gasteiger partial charge on any atom is -0.465 e. The number of carbonyl (C=O) groups excluding carboxylic acids is 1. The highest BCUT2D eigenvalue weighted by Gasteiger charge is 2.17. The number of fused-ring (bicyclic) bond motifs is 1. The Labute approximate surface area is 100 Å². The number of aryl methyl sites for hydroxylation is 1. The van der Waals surface area contributed by atoms with Crippen LogP contribution in [0.3, 0.4) is 0 Å². The number of aromatic nitrogens is 2. The van der Waals surface area contributed by atoms with E-state index in [1.54, 1.807) is 17.8 Å². The average Bonchev–Trinajstić information content (AvgIpc) is 2.63. The molecule has 0 aliphatic heterocycles. The molecule has 5 nitrogen and oxygen atoms in total. The van der Waals surface area contributed by atoms with Crippen molar-refractivity contribution in [2.45, 2.75) is 0 Å². The predicted octanol–water partition coefficient (Wildman–Crippen LogP) is 1.70. The second kappa shape index (κ2) is 3.79. The minimum atomic E-state index is -0.467. The van der Waals surface area contributed by atoms with Crippen LogP contribution in [0.2, 0.25) is 0 Å². The number of hydrogen-bond donors (Lipinski definition) is 1. The summed E-state index contributed by atoms with van der Waals surface area (Å²) in [5.74, 6) is -0.467. The van der Waals surface area contributed by atoms with Gasteiger partial charge in [-0.3, -0.25) is 4.68 Å². The van der Waals surface area contributed by atoms with Gasteiger partial charge in [-0.25, -0.2) is 4.79 Å². The van der Waals surface area contributed by atoms with Gasteiger partial charge in [-0.15, -0.1) is 0 Å². The van der Waals surface area contributed by atoms with E-state index >= 15 is 0 Å². The monoisotopic (exact) mass is 283 g/mol. The van der Waals surface area contributed by atoms with E-state index in [2.05, 4.69) is 25.8 Å². The van der Waals surface area contributed by atoms with Crippen molar-refractivity contribution in [3.05, 3.63) is 22.3 Å². The summed E-state index contributed by atoms with van der Waals surface area (Å²) in [5, 5.41) is 5.08. The average molecular weight is 284 g/mol. The van der Waals surface area contributed by atoms with Gasteiger partial charge in [-0.2, -0.15) is 5.10 Å². The lowest BCUT2D eigenvalue weighted by atomic mass is 10.1. The van der Waals surface area contributed by atoms with Gasteiger partial charge in [-0.1, -0.05) is 0 Å². The molecule has 1 heterocycles. The molecule has 0 unspecified atom stereocenters. The van der Waals surface area contributed by atoms with Crippen LogP contribution in [0.15, 0.2) is 16.7 Å². The van der Waals surface area contributed by atoms with Crippen LogP contribution >= 0.6 is 15.9 Å². The van der Waals surface area contributed by atoms with E-state index in [-0.39, 0.29) is 0 Å². The van der Waals surface area contributed by atoms with E-state index in [4.69, 9.17) is 5.73 Å². The Hall–Kier alpha value is -1.56. The predicted molar refractivity (Wildman–Crippen MR) is 64.2 cm³/mol. The first-order valence-electron chi connectivity index (χ1n) is 4.54. The molecule has 16 heavy (non-hydrogen) atoms. The first-order chi connectivity index (χ1) is 7.54. The van der Waals surface area contributed by atoms with Crippen molar-refractivity contribution >= 4 is 38.5 Å². The summed E-state index contributed by atoms with van der Waals surface area (Å²) in [6.07, 6.45) is 1.83. The molecular formula is C10H10BrN3O2. The molecule has 0 fully saturated rings. The third-order valence-electron chi connectivity index (χ3n) is 2.31. The number of carbonyl (C=O) groups is 1. The van der Waals surface area contributed by atoms with Gasteiger partial charge < -0.3 is 10.5 Å². The number of nitrogen functional groups attached to an aromatic ring is 1. The van der Waals surface area contributed by atoms with Crippen LogP contribution in [-0.4, -0.2) is 22.9 Å². The smallest absolute Gasteiger partial charge is 0.340 e. The largest absolute Gasteiger partial charge is 0.465 e. The summed E-state index contributed by atoms with van der Waals surface area (Å²) >= 11 is 3.36. The van der Waals surface area contributed by atoms with Gasteiger partial charge >= 0.3 is 5.97 Å². The molecule has 2 aromatic rings. The number of ether oxygens (including phenoxy) is 1. The van der Waals surface area contributed by atoms with E-state index in [0.717, 1.165) is 5.39 Å². The standard InChI is InChI=1S/C10H10BrN3O2/c1-14-4-6-7(13-14)3-5(10(15)16-2)9(12)8(6)11/h3-4H,12H2,1-2H3. The van der Waals surface area contributed by atoms with Crippen LogP contribution in [0.1, 0.15) is 10.4 Å². The molecule has 0 saturated heterocycles. The molecule has 0 atom stereocenters. The maximum absolute atomic E-state index is 11.5. The first-order valence-corrected chi connectivity index (χ1v) is 5.33. The van der Waals surface area contributed by atoms with E-state index in [0.29, 0.717) is 21.2 Å². The fraction of sp³-hybridized carbons (Fsp3) is 0.200. The third kappa shape index (κ3) is 1.55. The lowest BCUT2D eigenvalue weighted by Gasteiger charge is -2.05. The quantitative estimate of drug-likeness (QED) is 0.639. The number of rotatable bonds is 1. The normalized spacial score (nSPS) is 10.7. The molecule has 1 aromatic heterocycles. The lowest BCUT2D eigenvalue weighted by molar-refractivity contribution is 0.0602. The Kier molecular flexibility index (Phi) is 2.59. The second-order valence-corrected chi connectivity index (χ2v) is 4.17. The molecule has 2 N–H and O–H groups in total. The fourth-order valence-electron chi connectivity index (χ4n) is 1.54. The van der Waals surface area contributed by atoms with Crippen molar-refractivity contribution in [3.8, 4) is 0 Å². The summed E-state index contributed by atoms with van der Waals surface area (Å²) in [4.78, 5) is 11.5. The topological polar surface area (TPSA) is 70.1 Å². The van der Waals surface area contributed by atoms with Crippen molar-refractivity contribution in [2.75, 3.05) is 12.8 Å². The van der Waals surface area contributed by atoms with Gasteiger partial charge in [0.15, 0.2) is 0 Å². The second-order valence-electron chi connectivity index (χ2n) is 3.38. The lowest BCUT2D eigenvalue weighted by Crippen LogP contribution is -2.06. The van der Waals surface area contributed by atoms with Crippen LogP contribution < -0.4 is 5.73 Å².